The van der Waals surface area contributed by atoms with E-state index in [4.69, 9.17) is 5.73 Å². The fraction of sp³-hybridized carbons (Fsp3) is 0.750. The predicted molar refractivity (Wildman–Crippen MR) is 42.3 cm³/mol. The molecule has 0 aliphatic rings. The van der Waals surface area contributed by atoms with Gasteiger partial charge in [-0.3, -0.25) is 0 Å². The molecule has 1 heteroatoms. The van der Waals surface area contributed by atoms with E-state index in [1.165, 1.54) is 0 Å². The molecule has 0 saturated heterocycles. The van der Waals surface area contributed by atoms with Gasteiger partial charge in [-0.15, -0.1) is 0 Å². The van der Waals surface area contributed by atoms with E-state index in [1.807, 2.05) is 6.92 Å². The molecular formula is C8H17N. The quantitative estimate of drug-likeness (QED) is 0.575. The molecule has 0 aliphatic heterocycles. The minimum Gasteiger partial charge on any atom is -0.328 e. The summed E-state index contributed by atoms with van der Waals surface area (Å²) in [5.74, 6) is 0. The smallest absolute Gasteiger partial charge is 0.00134 e. The Balaban J connectivity index is 2.99. The van der Waals surface area contributed by atoms with Crippen molar-refractivity contribution in [1.82, 2.24) is 0 Å². The Morgan fingerprint density at radius 1 is 1.44 bits per heavy atom. The zero-order valence-corrected chi connectivity index (χ0v) is 6.43. The first-order valence-corrected chi connectivity index (χ1v) is 3.68. The van der Waals surface area contributed by atoms with Crippen LogP contribution in [0.1, 0.15) is 33.1 Å². The minimum absolute atomic E-state index is 0.353. The Labute approximate surface area is 57.9 Å². The molecule has 0 rings (SSSR count). The average molecular weight is 127 g/mol. The van der Waals surface area contributed by atoms with Crippen LogP contribution in [0.3, 0.4) is 0 Å². The van der Waals surface area contributed by atoms with Gasteiger partial charge < -0.3 is 5.73 Å². The van der Waals surface area contributed by atoms with E-state index < -0.39 is 0 Å². The van der Waals surface area contributed by atoms with Crippen LogP contribution in [-0.4, -0.2) is 6.04 Å². The molecule has 0 heterocycles. The van der Waals surface area contributed by atoms with Gasteiger partial charge in [0.05, 0.1) is 0 Å². The van der Waals surface area contributed by atoms with Crippen molar-refractivity contribution < 1.29 is 0 Å². The van der Waals surface area contributed by atoms with Gasteiger partial charge in [0.15, 0.2) is 0 Å². The molecule has 0 fully saturated rings. The van der Waals surface area contributed by atoms with Crippen molar-refractivity contribution in [3.63, 3.8) is 0 Å². The Bertz CT molecular complexity index is 74.6. The lowest BCUT2D eigenvalue weighted by molar-refractivity contribution is 0.675. The summed E-state index contributed by atoms with van der Waals surface area (Å²) >= 11 is 0. The zero-order valence-electron chi connectivity index (χ0n) is 6.43. The Kier molecular flexibility index (Phi) is 5.64. The van der Waals surface area contributed by atoms with Gasteiger partial charge in [0.1, 0.15) is 0 Å². The van der Waals surface area contributed by atoms with E-state index in [1.54, 1.807) is 0 Å². The number of rotatable bonds is 4. The van der Waals surface area contributed by atoms with Crippen molar-refractivity contribution in [2.45, 2.75) is 39.2 Å². The monoisotopic (exact) mass is 127 g/mol. The summed E-state index contributed by atoms with van der Waals surface area (Å²) in [7, 11) is 0. The molecule has 0 amide bonds. The van der Waals surface area contributed by atoms with Crippen molar-refractivity contribution in [3.05, 3.63) is 12.2 Å². The highest BCUT2D eigenvalue weighted by Gasteiger charge is 1.88. The molecule has 0 spiro atoms. The lowest BCUT2D eigenvalue weighted by atomic mass is 10.2. The van der Waals surface area contributed by atoms with Gasteiger partial charge in [-0.1, -0.05) is 19.1 Å². The van der Waals surface area contributed by atoms with E-state index >= 15 is 0 Å². The second-order valence-corrected chi connectivity index (χ2v) is 2.43. The standard InChI is InChI=1S/C8H17N/c1-3-4-5-6-7-8(2)9/h4-5,8H,3,6-7,9H2,1-2H3/b5-4+/t8-/m0/s1. The summed E-state index contributed by atoms with van der Waals surface area (Å²) in [6, 6.07) is 0.353. The second kappa shape index (κ2) is 5.83. The Hall–Kier alpha value is -0.300. The fourth-order valence-electron chi connectivity index (χ4n) is 0.644. The van der Waals surface area contributed by atoms with Crippen molar-refractivity contribution in [2.24, 2.45) is 5.73 Å². The largest absolute Gasteiger partial charge is 0.328 e. The van der Waals surface area contributed by atoms with Crippen molar-refractivity contribution in [3.8, 4) is 0 Å². The molecule has 0 aliphatic carbocycles. The van der Waals surface area contributed by atoms with E-state index in [0.29, 0.717) is 6.04 Å². The van der Waals surface area contributed by atoms with E-state index in [2.05, 4.69) is 19.1 Å². The summed E-state index contributed by atoms with van der Waals surface area (Å²) in [6.07, 6.45) is 7.76. The Morgan fingerprint density at radius 3 is 2.56 bits per heavy atom. The maximum absolute atomic E-state index is 5.54. The van der Waals surface area contributed by atoms with Gasteiger partial charge in [0.2, 0.25) is 0 Å². The predicted octanol–water partition coefficient (Wildman–Crippen LogP) is 2.08. The number of hydrogen-bond acceptors (Lipinski definition) is 1. The molecule has 1 nitrogen and oxygen atoms in total. The third kappa shape index (κ3) is 7.70. The van der Waals surface area contributed by atoms with Gasteiger partial charge >= 0.3 is 0 Å². The highest BCUT2D eigenvalue weighted by molar-refractivity contribution is 4.80. The van der Waals surface area contributed by atoms with Crippen LogP contribution in [0.15, 0.2) is 12.2 Å². The lowest BCUT2D eigenvalue weighted by Gasteiger charge is -1.98. The second-order valence-electron chi connectivity index (χ2n) is 2.43. The third-order valence-corrected chi connectivity index (χ3v) is 1.19. The van der Waals surface area contributed by atoms with Crippen molar-refractivity contribution >= 4 is 0 Å². The molecule has 9 heavy (non-hydrogen) atoms. The van der Waals surface area contributed by atoms with Gasteiger partial charge in [0, 0.05) is 6.04 Å². The van der Waals surface area contributed by atoms with Gasteiger partial charge in [-0.25, -0.2) is 0 Å². The Morgan fingerprint density at radius 2 is 2.11 bits per heavy atom. The summed E-state index contributed by atoms with van der Waals surface area (Å²) in [5, 5.41) is 0. The topological polar surface area (TPSA) is 26.0 Å². The van der Waals surface area contributed by atoms with Crippen LogP contribution < -0.4 is 5.73 Å². The molecule has 1 atom stereocenters. The molecular weight excluding hydrogens is 110 g/mol. The van der Waals surface area contributed by atoms with E-state index in [0.717, 1.165) is 19.3 Å². The molecule has 0 radical (unpaired) electrons. The maximum atomic E-state index is 5.54. The van der Waals surface area contributed by atoms with Crippen LogP contribution in [0.2, 0.25) is 0 Å². The lowest BCUT2D eigenvalue weighted by Crippen LogP contribution is -2.13. The normalized spacial score (nSPS) is 14.6. The number of nitrogens with two attached hydrogens (primary N) is 1. The molecule has 0 unspecified atom stereocenters. The summed E-state index contributed by atoms with van der Waals surface area (Å²) < 4.78 is 0. The average Bonchev–Trinajstić information content (AvgIpc) is 1.80. The first-order chi connectivity index (χ1) is 4.27. The van der Waals surface area contributed by atoms with Crippen LogP contribution in [0.4, 0.5) is 0 Å². The molecule has 0 aromatic carbocycles. The molecule has 0 saturated carbocycles. The van der Waals surface area contributed by atoms with Crippen molar-refractivity contribution in [1.29, 1.82) is 0 Å². The summed E-state index contributed by atoms with van der Waals surface area (Å²) in [5.41, 5.74) is 5.54. The van der Waals surface area contributed by atoms with Gasteiger partial charge in [-0.2, -0.15) is 0 Å². The third-order valence-electron chi connectivity index (χ3n) is 1.19. The summed E-state index contributed by atoms with van der Waals surface area (Å²) in [6.45, 7) is 4.18. The first kappa shape index (κ1) is 8.70. The maximum Gasteiger partial charge on any atom is 0.00134 e. The van der Waals surface area contributed by atoms with Gasteiger partial charge in [0.25, 0.3) is 0 Å². The molecule has 0 aromatic rings. The van der Waals surface area contributed by atoms with Gasteiger partial charge in [-0.05, 0) is 26.2 Å². The number of allylic oxidation sites excluding steroid dienone is 2. The zero-order chi connectivity index (χ0) is 7.11. The summed E-state index contributed by atoms with van der Waals surface area (Å²) in [4.78, 5) is 0. The molecule has 2 N–H and O–H groups in total. The molecule has 0 bridgehead atoms. The van der Waals surface area contributed by atoms with Crippen LogP contribution in [0.25, 0.3) is 0 Å². The number of hydrogen-bond donors (Lipinski definition) is 1. The van der Waals surface area contributed by atoms with Crippen LogP contribution in [0.5, 0.6) is 0 Å². The van der Waals surface area contributed by atoms with Crippen LogP contribution in [-0.2, 0) is 0 Å². The van der Waals surface area contributed by atoms with E-state index in [-0.39, 0.29) is 0 Å². The minimum atomic E-state index is 0.353. The molecule has 54 valence electrons. The van der Waals surface area contributed by atoms with E-state index in [9.17, 15) is 0 Å². The highest BCUT2D eigenvalue weighted by Crippen LogP contribution is 1.94. The fourth-order valence-corrected chi connectivity index (χ4v) is 0.644. The highest BCUT2D eigenvalue weighted by atomic mass is 14.6. The van der Waals surface area contributed by atoms with Crippen LogP contribution >= 0.6 is 0 Å². The van der Waals surface area contributed by atoms with Crippen molar-refractivity contribution in [2.75, 3.05) is 0 Å². The van der Waals surface area contributed by atoms with Crippen LogP contribution in [0, 0.1) is 0 Å². The SMILES string of the molecule is CC/C=C/CC[C@H](C)N. The first-order valence-electron chi connectivity index (χ1n) is 3.68. The molecule has 0 aromatic heterocycles.